The summed E-state index contributed by atoms with van der Waals surface area (Å²) in [4.78, 5) is 11.6. The fourth-order valence-electron chi connectivity index (χ4n) is 2.92. The third-order valence-electron chi connectivity index (χ3n) is 3.98. The van der Waals surface area contributed by atoms with Gasteiger partial charge in [-0.15, -0.1) is 0 Å². The average Bonchev–Trinajstić information content (AvgIpc) is 2.93. The number of hydrogen-bond donors (Lipinski definition) is 0. The van der Waals surface area contributed by atoms with Crippen molar-refractivity contribution in [1.82, 2.24) is 0 Å². The van der Waals surface area contributed by atoms with Crippen molar-refractivity contribution in [2.45, 2.75) is 68.0 Å². The first-order valence-electron chi connectivity index (χ1n) is 7.20. The van der Waals surface area contributed by atoms with E-state index in [1.165, 1.54) is 32.1 Å². The summed E-state index contributed by atoms with van der Waals surface area (Å²) >= 11 is 2.46. The first-order valence-corrected chi connectivity index (χ1v) is 8.44. The van der Waals surface area contributed by atoms with E-state index in [9.17, 15) is 4.79 Å². The predicted octanol–water partition coefficient (Wildman–Crippen LogP) is 3.48. The maximum Gasteiger partial charge on any atom is 0.336 e. The van der Waals surface area contributed by atoms with Crippen molar-refractivity contribution in [3.8, 4) is 0 Å². The Bertz CT molecular complexity index is 282. The Morgan fingerprint density at radius 3 is 2.89 bits per heavy atom. The van der Waals surface area contributed by atoms with Crippen LogP contribution in [0.15, 0.2) is 0 Å². The molecule has 0 aliphatic carbocycles. The molecular formula is C14H23IO3. The van der Waals surface area contributed by atoms with Crippen molar-refractivity contribution in [2.24, 2.45) is 5.92 Å². The number of ether oxygens (including phenoxy) is 2. The summed E-state index contributed by atoms with van der Waals surface area (Å²) in [5.41, 5.74) is 0. The van der Waals surface area contributed by atoms with Gasteiger partial charge in [-0.25, -0.2) is 4.79 Å². The fourth-order valence-corrected chi connectivity index (χ4v) is 4.04. The Morgan fingerprint density at radius 1 is 1.33 bits per heavy atom. The number of carbonyl (C=O) groups excluding carboxylic acids is 1. The molecule has 104 valence electrons. The van der Waals surface area contributed by atoms with Crippen LogP contribution in [0.5, 0.6) is 0 Å². The second-order valence-corrected chi connectivity index (χ2v) is 6.96. The third-order valence-corrected chi connectivity index (χ3v) is 5.32. The summed E-state index contributed by atoms with van der Waals surface area (Å²) < 4.78 is 11.4. The normalized spacial score (nSPS) is 32.3. The molecule has 2 heterocycles. The zero-order valence-electron chi connectivity index (χ0n) is 11.1. The zero-order chi connectivity index (χ0) is 13.0. The van der Waals surface area contributed by atoms with Crippen molar-refractivity contribution in [3.05, 3.63) is 0 Å². The SMILES string of the molecule is CCCCCCCC(I)[C@H]1OC(=O)[C@@H]2OCC[C@H]12. The molecule has 2 aliphatic rings. The van der Waals surface area contributed by atoms with Crippen LogP contribution in [0.1, 0.15) is 51.9 Å². The molecule has 0 aromatic carbocycles. The molecular weight excluding hydrogens is 343 g/mol. The summed E-state index contributed by atoms with van der Waals surface area (Å²) in [6.07, 6.45) is 8.49. The monoisotopic (exact) mass is 366 g/mol. The number of carbonyl (C=O) groups is 1. The minimum Gasteiger partial charge on any atom is -0.459 e. The lowest BCUT2D eigenvalue weighted by atomic mass is 9.93. The second kappa shape index (κ2) is 7.08. The number of alkyl halides is 1. The number of cyclic esters (lactones) is 1. The lowest BCUT2D eigenvalue weighted by Crippen LogP contribution is -2.28. The maximum absolute atomic E-state index is 11.6. The Labute approximate surface area is 123 Å². The van der Waals surface area contributed by atoms with Gasteiger partial charge in [0, 0.05) is 16.4 Å². The molecule has 18 heavy (non-hydrogen) atoms. The molecule has 0 saturated carbocycles. The Balaban J connectivity index is 1.72. The van der Waals surface area contributed by atoms with E-state index < -0.39 is 0 Å². The lowest BCUT2D eigenvalue weighted by Gasteiger charge is -2.20. The minimum atomic E-state index is -0.257. The van der Waals surface area contributed by atoms with Gasteiger partial charge < -0.3 is 9.47 Å². The van der Waals surface area contributed by atoms with Gasteiger partial charge >= 0.3 is 5.97 Å². The molecule has 0 spiro atoms. The lowest BCUT2D eigenvalue weighted by molar-refractivity contribution is -0.149. The third kappa shape index (κ3) is 3.38. The number of halogens is 1. The standard InChI is InChI=1S/C14H23IO3/c1-2-3-4-5-6-7-11(15)12-10-8-9-17-13(10)14(16)18-12/h10-13H,2-9H2,1H3/t10-,11?,12+,13-/m1/s1. The van der Waals surface area contributed by atoms with Gasteiger partial charge in [-0.05, 0) is 12.8 Å². The van der Waals surface area contributed by atoms with Gasteiger partial charge in [0.2, 0.25) is 0 Å². The van der Waals surface area contributed by atoms with Gasteiger partial charge in [-0.2, -0.15) is 0 Å². The molecule has 2 aliphatic heterocycles. The highest BCUT2D eigenvalue weighted by Crippen LogP contribution is 2.38. The van der Waals surface area contributed by atoms with E-state index in [0.717, 1.165) is 19.4 Å². The van der Waals surface area contributed by atoms with E-state index in [-0.39, 0.29) is 18.2 Å². The van der Waals surface area contributed by atoms with Crippen LogP contribution in [0.4, 0.5) is 0 Å². The molecule has 1 unspecified atom stereocenters. The van der Waals surface area contributed by atoms with Crippen molar-refractivity contribution in [3.63, 3.8) is 0 Å². The highest BCUT2D eigenvalue weighted by atomic mass is 127. The first-order chi connectivity index (χ1) is 8.74. The Kier molecular flexibility index (Phi) is 5.73. The molecule has 2 saturated heterocycles. The van der Waals surface area contributed by atoms with Gasteiger partial charge in [0.15, 0.2) is 6.10 Å². The minimum absolute atomic E-state index is 0.0942. The van der Waals surface area contributed by atoms with E-state index >= 15 is 0 Å². The summed E-state index contributed by atoms with van der Waals surface area (Å²) in [7, 11) is 0. The van der Waals surface area contributed by atoms with Gasteiger partial charge in [-0.3, -0.25) is 0 Å². The summed E-state index contributed by atoms with van der Waals surface area (Å²) in [5, 5.41) is 0. The van der Waals surface area contributed by atoms with Crippen LogP contribution < -0.4 is 0 Å². The van der Waals surface area contributed by atoms with E-state index in [1.807, 2.05) is 0 Å². The molecule has 0 radical (unpaired) electrons. The van der Waals surface area contributed by atoms with Gasteiger partial charge in [-0.1, -0.05) is 61.6 Å². The van der Waals surface area contributed by atoms with Crippen molar-refractivity contribution >= 4 is 28.6 Å². The first kappa shape index (κ1) is 14.6. The van der Waals surface area contributed by atoms with Crippen LogP contribution in [-0.4, -0.2) is 28.7 Å². The smallest absolute Gasteiger partial charge is 0.336 e. The Hall–Kier alpha value is 0.160. The molecule has 4 atom stereocenters. The van der Waals surface area contributed by atoms with Crippen molar-refractivity contribution < 1.29 is 14.3 Å². The van der Waals surface area contributed by atoms with E-state index in [0.29, 0.717) is 9.84 Å². The quantitative estimate of drug-likeness (QED) is 0.300. The largest absolute Gasteiger partial charge is 0.459 e. The fraction of sp³-hybridized carbons (Fsp3) is 0.929. The number of esters is 1. The van der Waals surface area contributed by atoms with Crippen LogP contribution in [0.2, 0.25) is 0 Å². The average molecular weight is 366 g/mol. The van der Waals surface area contributed by atoms with Gasteiger partial charge in [0.05, 0.1) is 0 Å². The van der Waals surface area contributed by atoms with Crippen molar-refractivity contribution in [1.29, 1.82) is 0 Å². The molecule has 0 N–H and O–H groups in total. The van der Waals surface area contributed by atoms with Crippen LogP contribution in [-0.2, 0) is 14.3 Å². The van der Waals surface area contributed by atoms with E-state index in [1.54, 1.807) is 0 Å². The highest BCUT2D eigenvalue weighted by molar-refractivity contribution is 14.1. The van der Waals surface area contributed by atoms with Crippen LogP contribution in [0.3, 0.4) is 0 Å². The highest BCUT2D eigenvalue weighted by Gasteiger charge is 2.50. The topological polar surface area (TPSA) is 35.5 Å². The number of hydrogen-bond acceptors (Lipinski definition) is 3. The molecule has 0 amide bonds. The van der Waals surface area contributed by atoms with Crippen LogP contribution in [0, 0.1) is 5.92 Å². The molecule has 0 bridgehead atoms. The maximum atomic E-state index is 11.6. The number of unbranched alkanes of at least 4 members (excludes halogenated alkanes) is 4. The molecule has 2 fully saturated rings. The van der Waals surface area contributed by atoms with Crippen LogP contribution in [0.25, 0.3) is 0 Å². The molecule has 2 rings (SSSR count). The molecule has 3 nitrogen and oxygen atoms in total. The summed E-state index contributed by atoms with van der Waals surface area (Å²) in [6, 6.07) is 0. The summed E-state index contributed by atoms with van der Waals surface area (Å²) in [6.45, 7) is 2.96. The van der Waals surface area contributed by atoms with E-state index in [4.69, 9.17) is 9.47 Å². The number of fused-ring (bicyclic) bond motifs is 1. The second-order valence-electron chi connectivity index (χ2n) is 5.36. The van der Waals surface area contributed by atoms with Crippen LogP contribution >= 0.6 is 22.6 Å². The van der Waals surface area contributed by atoms with E-state index in [2.05, 4.69) is 29.5 Å². The molecule has 4 heteroatoms. The number of rotatable bonds is 7. The molecule has 0 aromatic rings. The zero-order valence-corrected chi connectivity index (χ0v) is 13.2. The van der Waals surface area contributed by atoms with Gasteiger partial charge in [0.25, 0.3) is 0 Å². The summed E-state index contributed by atoms with van der Waals surface area (Å²) in [5.74, 6) is 0.185. The predicted molar refractivity (Wildman–Crippen MR) is 78.9 cm³/mol. The van der Waals surface area contributed by atoms with Crippen molar-refractivity contribution in [2.75, 3.05) is 6.61 Å². The van der Waals surface area contributed by atoms with Gasteiger partial charge in [0.1, 0.15) is 6.10 Å². The molecule has 0 aromatic heterocycles. The Morgan fingerprint density at radius 2 is 2.11 bits per heavy atom.